The van der Waals surface area contributed by atoms with Gasteiger partial charge in [0.1, 0.15) is 5.82 Å². The van der Waals surface area contributed by atoms with Crippen LogP contribution in [0.15, 0.2) is 24.3 Å². The highest BCUT2D eigenvalue weighted by atomic mass is 32.2. The van der Waals surface area contributed by atoms with Gasteiger partial charge in [-0.25, -0.2) is 4.39 Å². The van der Waals surface area contributed by atoms with Crippen molar-refractivity contribution in [1.29, 1.82) is 0 Å². The van der Waals surface area contributed by atoms with Crippen LogP contribution in [-0.4, -0.2) is 18.6 Å². The molecule has 0 amide bonds. The predicted octanol–water partition coefficient (Wildman–Crippen LogP) is 4.65. The Hall–Kier alpha value is -0.540. The van der Waals surface area contributed by atoms with Crippen LogP contribution in [0.5, 0.6) is 0 Å². The molecule has 1 rings (SSSR count). The van der Waals surface area contributed by atoms with Crippen molar-refractivity contribution in [1.82, 2.24) is 5.32 Å². The molecule has 1 aromatic rings. The van der Waals surface area contributed by atoms with Gasteiger partial charge >= 0.3 is 0 Å². The highest BCUT2D eigenvalue weighted by molar-refractivity contribution is 7.98. The lowest BCUT2D eigenvalue weighted by molar-refractivity contribution is 0.444. The Bertz CT molecular complexity index is 339. The molecule has 0 radical (unpaired) electrons. The van der Waals surface area contributed by atoms with Crippen LogP contribution >= 0.6 is 11.8 Å². The maximum absolute atomic E-state index is 13.0. The molecule has 0 heterocycles. The fourth-order valence-electron chi connectivity index (χ4n) is 2.18. The number of unbranched alkanes of at least 4 members (excludes halogenated alkanes) is 1. The summed E-state index contributed by atoms with van der Waals surface area (Å²) in [6.07, 6.45) is 5.66. The molecule has 0 aliphatic heterocycles. The molecule has 1 aromatic carbocycles. The van der Waals surface area contributed by atoms with Gasteiger partial charge in [0.05, 0.1) is 0 Å². The van der Waals surface area contributed by atoms with E-state index in [9.17, 15) is 4.39 Å². The third-order valence-corrected chi connectivity index (χ3v) is 4.18. The molecule has 0 bridgehead atoms. The third-order valence-electron chi connectivity index (χ3n) is 3.28. The quantitative estimate of drug-likeness (QED) is 0.708. The molecule has 0 spiro atoms. The van der Waals surface area contributed by atoms with Crippen molar-refractivity contribution in [3.8, 4) is 0 Å². The standard InChI is InChI=1S/C16H26FNS/c1-4-5-6-16(18-11-13(2)12-19-3)14-7-9-15(17)10-8-14/h7-10,13,16,18H,4-6,11-12H2,1-3H3. The van der Waals surface area contributed by atoms with Crippen LogP contribution in [0.2, 0.25) is 0 Å². The van der Waals surface area contributed by atoms with E-state index >= 15 is 0 Å². The SMILES string of the molecule is CCCCC(NCC(C)CSC)c1ccc(F)cc1. The van der Waals surface area contributed by atoms with Gasteiger partial charge in [-0.15, -0.1) is 0 Å². The molecule has 1 nitrogen and oxygen atoms in total. The van der Waals surface area contributed by atoms with Crippen molar-refractivity contribution in [2.24, 2.45) is 5.92 Å². The van der Waals surface area contributed by atoms with E-state index in [1.54, 1.807) is 12.1 Å². The molecular formula is C16H26FNS. The summed E-state index contributed by atoms with van der Waals surface area (Å²) >= 11 is 1.89. The second kappa shape index (κ2) is 9.38. The van der Waals surface area contributed by atoms with Crippen LogP contribution < -0.4 is 5.32 Å². The van der Waals surface area contributed by atoms with Crippen LogP contribution in [0.4, 0.5) is 4.39 Å². The number of rotatable bonds is 9. The van der Waals surface area contributed by atoms with Crippen molar-refractivity contribution in [3.05, 3.63) is 35.6 Å². The van der Waals surface area contributed by atoms with E-state index in [0.29, 0.717) is 12.0 Å². The fraction of sp³-hybridized carbons (Fsp3) is 0.625. The Morgan fingerprint density at radius 3 is 2.53 bits per heavy atom. The first-order valence-corrected chi connectivity index (χ1v) is 8.54. The summed E-state index contributed by atoms with van der Waals surface area (Å²) in [5.74, 6) is 1.69. The maximum Gasteiger partial charge on any atom is 0.123 e. The Morgan fingerprint density at radius 2 is 1.95 bits per heavy atom. The maximum atomic E-state index is 13.0. The van der Waals surface area contributed by atoms with E-state index in [0.717, 1.165) is 13.0 Å². The summed E-state index contributed by atoms with van der Waals surface area (Å²) in [6.45, 7) is 5.50. The van der Waals surface area contributed by atoms with E-state index in [1.165, 1.54) is 24.2 Å². The first-order valence-electron chi connectivity index (χ1n) is 7.15. The lowest BCUT2D eigenvalue weighted by Crippen LogP contribution is -2.27. The lowest BCUT2D eigenvalue weighted by Gasteiger charge is -2.21. The fourth-order valence-corrected chi connectivity index (χ4v) is 2.86. The van der Waals surface area contributed by atoms with Crippen LogP contribution in [0.1, 0.15) is 44.7 Å². The molecule has 108 valence electrons. The third kappa shape index (κ3) is 6.44. The van der Waals surface area contributed by atoms with Crippen LogP contribution in [-0.2, 0) is 0 Å². The summed E-state index contributed by atoms with van der Waals surface area (Å²) in [6, 6.07) is 7.27. The number of hydrogen-bond donors (Lipinski definition) is 1. The second-order valence-corrected chi connectivity index (χ2v) is 6.13. The molecule has 0 aliphatic rings. The number of halogens is 1. The number of benzene rings is 1. The van der Waals surface area contributed by atoms with Crippen LogP contribution in [0.3, 0.4) is 0 Å². The molecule has 0 fully saturated rings. The molecule has 2 atom stereocenters. The number of nitrogens with one attached hydrogen (secondary N) is 1. The van der Waals surface area contributed by atoms with E-state index in [2.05, 4.69) is 25.4 Å². The molecule has 19 heavy (non-hydrogen) atoms. The largest absolute Gasteiger partial charge is 0.310 e. The minimum absolute atomic E-state index is 0.159. The number of hydrogen-bond acceptors (Lipinski definition) is 2. The monoisotopic (exact) mass is 283 g/mol. The van der Waals surface area contributed by atoms with Crippen molar-refractivity contribution in [3.63, 3.8) is 0 Å². The van der Waals surface area contributed by atoms with Gasteiger partial charge in [-0.2, -0.15) is 11.8 Å². The number of thioether (sulfide) groups is 1. The zero-order valence-electron chi connectivity index (χ0n) is 12.3. The van der Waals surface area contributed by atoms with Gasteiger partial charge < -0.3 is 5.32 Å². The normalized spacial score (nSPS) is 14.3. The topological polar surface area (TPSA) is 12.0 Å². The molecular weight excluding hydrogens is 257 g/mol. The van der Waals surface area contributed by atoms with E-state index in [4.69, 9.17) is 0 Å². The molecule has 1 N–H and O–H groups in total. The molecule has 2 unspecified atom stereocenters. The first kappa shape index (κ1) is 16.5. The van der Waals surface area contributed by atoms with E-state index in [1.807, 2.05) is 23.9 Å². The van der Waals surface area contributed by atoms with Gasteiger partial charge in [0.15, 0.2) is 0 Å². The minimum Gasteiger partial charge on any atom is -0.310 e. The van der Waals surface area contributed by atoms with Crippen molar-refractivity contribution in [2.75, 3.05) is 18.6 Å². The first-order chi connectivity index (χ1) is 9.17. The highest BCUT2D eigenvalue weighted by Gasteiger charge is 2.12. The molecule has 0 aromatic heterocycles. The van der Waals surface area contributed by atoms with E-state index in [-0.39, 0.29) is 5.82 Å². The van der Waals surface area contributed by atoms with Crippen LogP contribution in [0.25, 0.3) is 0 Å². The Balaban J connectivity index is 2.58. The average Bonchev–Trinajstić information content (AvgIpc) is 2.40. The summed E-state index contributed by atoms with van der Waals surface area (Å²) in [5, 5.41) is 3.64. The van der Waals surface area contributed by atoms with Gasteiger partial charge in [-0.05, 0) is 48.6 Å². The van der Waals surface area contributed by atoms with Crippen molar-refractivity contribution in [2.45, 2.75) is 39.2 Å². The molecule has 3 heteroatoms. The minimum atomic E-state index is -0.159. The smallest absolute Gasteiger partial charge is 0.123 e. The second-order valence-electron chi connectivity index (χ2n) is 5.22. The Morgan fingerprint density at radius 1 is 1.26 bits per heavy atom. The van der Waals surface area contributed by atoms with Gasteiger partial charge in [0.25, 0.3) is 0 Å². The summed E-state index contributed by atoms with van der Waals surface area (Å²) < 4.78 is 13.0. The van der Waals surface area contributed by atoms with Gasteiger partial charge in [-0.3, -0.25) is 0 Å². The van der Waals surface area contributed by atoms with Crippen molar-refractivity contribution < 1.29 is 4.39 Å². The van der Waals surface area contributed by atoms with Gasteiger partial charge in [-0.1, -0.05) is 38.8 Å². The summed E-state index contributed by atoms with van der Waals surface area (Å²) in [7, 11) is 0. The average molecular weight is 283 g/mol. The Kier molecular flexibility index (Phi) is 8.15. The summed E-state index contributed by atoms with van der Waals surface area (Å²) in [5.41, 5.74) is 1.20. The Labute approximate surface area is 121 Å². The predicted molar refractivity (Wildman–Crippen MR) is 84.2 cm³/mol. The van der Waals surface area contributed by atoms with E-state index < -0.39 is 0 Å². The van der Waals surface area contributed by atoms with Crippen LogP contribution in [0, 0.1) is 11.7 Å². The molecule has 0 saturated carbocycles. The molecule has 0 aliphatic carbocycles. The van der Waals surface area contributed by atoms with Crippen molar-refractivity contribution >= 4 is 11.8 Å². The zero-order valence-corrected chi connectivity index (χ0v) is 13.1. The highest BCUT2D eigenvalue weighted by Crippen LogP contribution is 2.20. The zero-order chi connectivity index (χ0) is 14.1. The van der Waals surface area contributed by atoms with Gasteiger partial charge in [0, 0.05) is 6.04 Å². The lowest BCUT2D eigenvalue weighted by atomic mass is 10.0. The summed E-state index contributed by atoms with van der Waals surface area (Å²) in [4.78, 5) is 0. The molecule has 0 saturated heterocycles. The van der Waals surface area contributed by atoms with Gasteiger partial charge in [0.2, 0.25) is 0 Å².